The van der Waals surface area contributed by atoms with E-state index < -0.39 is 6.09 Å². The third-order valence-corrected chi connectivity index (χ3v) is 6.81. The summed E-state index contributed by atoms with van der Waals surface area (Å²) >= 11 is 0. The molecule has 1 aromatic heterocycles. The Kier molecular flexibility index (Phi) is 6.41. The van der Waals surface area contributed by atoms with Crippen molar-refractivity contribution in [2.24, 2.45) is 17.6 Å². The van der Waals surface area contributed by atoms with Crippen LogP contribution in [0.5, 0.6) is 5.75 Å². The topological polar surface area (TPSA) is 120 Å². The quantitative estimate of drug-likeness (QED) is 0.544. The average Bonchev–Trinajstić information content (AvgIpc) is 3.53. The number of anilines is 1. The average molecular weight is 474 g/mol. The van der Waals surface area contributed by atoms with Crippen molar-refractivity contribution in [3.8, 4) is 11.4 Å². The molecule has 2 atom stereocenters. The predicted octanol–water partition coefficient (Wildman–Crippen LogP) is 2.56. The van der Waals surface area contributed by atoms with Gasteiger partial charge in [0.2, 0.25) is 0 Å². The minimum atomic E-state index is -0.935. The monoisotopic (exact) mass is 473 g/mol. The highest BCUT2D eigenvalue weighted by Gasteiger charge is 2.42. The van der Waals surface area contributed by atoms with Crippen LogP contribution in [0.25, 0.3) is 5.69 Å². The van der Waals surface area contributed by atoms with E-state index in [-0.39, 0.29) is 17.5 Å². The number of amides is 2. The molecule has 0 spiro atoms. The smallest absolute Gasteiger partial charge is 0.408 e. The van der Waals surface area contributed by atoms with Crippen molar-refractivity contribution in [3.63, 3.8) is 0 Å². The zero-order chi connectivity index (χ0) is 24.4. The van der Waals surface area contributed by atoms with Gasteiger partial charge in [0.1, 0.15) is 17.1 Å². The second-order valence-corrected chi connectivity index (χ2v) is 9.14. The Labute approximate surface area is 204 Å². The summed E-state index contributed by atoms with van der Waals surface area (Å²) in [6, 6.07) is 17.1. The van der Waals surface area contributed by atoms with Crippen LogP contribution in [0.1, 0.15) is 22.3 Å². The fraction of sp³-hybridized carbons (Fsp3) is 0.308. The highest BCUT2D eigenvalue weighted by Crippen LogP contribution is 2.33. The highest BCUT2D eigenvalue weighted by molar-refractivity contribution is 5.98. The molecule has 4 N–H and O–H groups in total. The summed E-state index contributed by atoms with van der Waals surface area (Å²) in [5.41, 5.74) is 13.5. The van der Waals surface area contributed by atoms with Crippen molar-refractivity contribution >= 4 is 17.8 Å². The summed E-state index contributed by atoms with van der Waals surface area (Å²) in [4.78, 5) is 28.9. The second-order valence-electron chi connectivity index (χ2n) is 9.14. The number of carbonyl (C=O) groups excluding carboxylic acids is 2. The van der Waals surface area contributed by atoms with Crippen molar-refractivity contribution in [1.29, 1.82) is 0 Å². The van der Waals surface area contributed by atoms with Crippen molar-refractivity contribution < 1.29 is 14.3 Å². The lowest BCUT2D eigenvalue weighted by Crippen LogP contribution is -2.33. The summed E-state index contributed by atoms with van der Waals surface area (Å²) in [6.07, 6.45) is 3.83. The van der Waals surface area contributed by atoms with E-state index in [0.717, 1.165) is 26.1 Å². The Morgan fingerprint density at radius 1 is 1.00 bits per heavy atom. The standard InChI is InChI=1S/C26H29N6O3/c27-24-21(13-29-32(24)22-10-4-5-11-23(22)35-26(28)34)25(33)31-16-19-14-30(15-20(19)17-31)12-6-9-18-7-2-1-3-8-18/h1-5,7-11,13,19-20H,6,12,14-17,27H2,(H2,28,34)/t19-,20?/m0/s1. The molecule has 2 fully saturated rings. The number of primary amides is 1. The molecule has 2 amide bonds. The molecule has 2 aliphatic rings. The molecule has 0 aliphatic carbocycles. The largest absolute Gasteiger partial charge is 0.410 e. The van der Waals surface area contributed by atoms with Gasteiger partial charge in [-0.1, -0.05) is 42.5 Å². The molecule has 1 unspecified atom stereocenters. The number of nitrogens with two attached hydrogens (primary N) is 2. The summed E-state index contributed by atoms with van der Waals surface area (Å²) < 4.78 is 6.45. The number of hydrogen-bond acceptors (Lipinski definition) is 6. The zero-order valence-electron chi connectivity index (χ0n) is 19.4. The Morgan fingerprint density at radius 2 is 1.69 bits per heavy atom. The first-order valence-electron chi connectivity index (χ1n) is 11.8. The first-order valence-corrected chi connectivity index (χ1v) is 11.8. The molecular formula is C26H29N6O3. The van der Waals surface area contributed by atoms with Gasteiger partial charge >= 0.3 is 6.09 Å². The maximum atomic E-state index is 13.3. The van der Waals surface area contributed by atoms with E-state index in [9.17, 15) is 9.59 Å². The normalized spacial score (nSPS) is 19.6. The Bertz CT molecular complexity index is 1200. The number of hydrogen-bond donors (Lipinski definition) is 2. The number of aromatic nitrogens is 2. The number of carbonyl (C=O) groups is 2. The van der Waals surface area contributed by atoms with Gasteiger partial charge in [0.25, 0.3) is 5.91 Å². The summed E-state index contributed by atoms with van der Waals surface area (Å²) in [5.74, 6) is 1.23. The number of rotatable bonds is 7. The summed E-state index contributed by atoms with van der Waals surface area (Å²) in [6.45, 7) is 4.47. The minimum Gasteiger partial charge on any atom is -0.408 e. The number of benzene rings is 2. The Morgan fingerprint density at radius 3 is 2.40 bits per heavy atom. The number of nitrogens with zero attached hydrogens (tertiary/aromatic N) is 4. The molecule has 2 aliphatic heterocycles. The second kappa shape index (κ2) is 9.79. The first kappa shape index (κ1) is 22.9. The fourth-order valence-corrected chi connectivity index (χ4v) is 5.15. The van der Waals surface area contributed by atoms with Crippen LogP contribution in [-0.2, 0) is 0 Å². The van der Waals surface area contributed by atoms with E-state index >= 15 is 0 Å². The van der Waals surface area contributed by atoms with Crippen LogP contribution in [0.4, 0.5) is 10.6 Å². The minimum absolute atomic E-state index is 0.125. The lowest BCUT2D eigenvalue weighted by molar-refractivity contribution is 0.0775. The third kappa shape index (κ3) is 4.85. The molecule has 5 rings (SSSR count). The van der Waals surface area contributed by atoms with Gasteiger partial charge in [-0.3, -0.25) is 4.79 Å². The van der Waals surface area contributed by atoms with E-state index in [2.05, 4.69) is 40.7 Å². The van der Waals surface area contributed by atoms with Crippen LogP contribution in [-0.4, -0.2) is 64.3 Å². The van der Waals surface area contributed by atoms with Gasteiger partial charge in [-0.2, -0.15) is 5.10 Å². The summed E-state index contributed by atoms with van der Waals surface area (Å²) in [5, 5.41) is 4.29. The molecule has 35 heavy (non-hydrogen) atoms. The van der Waals surface area contributed by atoms with Crippen LogP contribution in [0, 0.1) is 18.3 Å². The molecule has 2 aromatic carbocycles. The molecule has 2 saturated heterocycles. The van der Waals surface area contributed by atoms with Gasteiger partial charge in [-0.05, 0) is 48.9 Å². The van der Waals surface area contributed by atoms with Gasteiger partial charge in [-0.15, -0.1) is 0 Å². The SMILES string of the molecule is NC(=O)Oc1ccccc1-n1ncc(C(=O)N2CC3CN(CC[CH]c4ccccc4)C[C@H]3C2)c1N. The summed E-state index contributed by atoms with van der Waals surface area (Å²) in [7, 11) is 0. The van der Waals surface area contributed by atoms with Crippen molar-refractivity contribution in [2.75, 3.05) is 38.5 Å². The van der Waals surface area contributed by atoms with E-state index in [4.69, 9.17) is 16.2 Å². The van der Waals surface area contributed by atoms with Crippen LogP contribution in [0.15, 0.2) is 60.8 Å². The molecule has 0 saturated carbocycles. The number of fused-ring (bicyclic) bond motifs is 1. The van der Waals surface area contributed by atoms with Crippen LogP contribution >= 0.6 is 0 Å². The Hall–Kier alpha value is -3.85. The fourth-order valence-electron chi connectivity index (χ4n) is 5.15. The predicted molar refractivity (Wildman–Crippen MR) is 132 cm³/mol. The molecular weight excluding hydrogens is 444 g/mol. The van der Waals surface area contributed by atoms with Crippen LogP contribution < -0.4 is 16.2 Å². The zero-order valence-corrected chi connectivity index (χ0v) is 19.4. The van der Waals surface area contributed by atoms with Gasteiger partial charge in [0.15, 0.2) is 5.75 Å². The van der Waals surface area contributed by atoms with Crippen LogP contribution in [0.3, 0.4) is 0 Å². The molecule has 9 nitrogen and oxygen atoms in total. The molecule has 3 aromatic rings. The number of likely N-dealkylation sites (tertiary alicyclic amines) is 2. The van der Waals surface area contributed by atoms with Gasteiger partial charge in [-0.25, -0.2) is 9.48 Å². The lowest BCUT2D eigenvalue weighted by Gasteiger charge is -2.21. The molecule has 9 heteroatoms. The molecule has 3 heterocycles. The maximum Gasteiger partial charge on any atom is 0.410 e. The van der Waals surface area contributed by atoms with Crippen molar-refractivity contribution in [1.82, 2.24) is 19.6 Å². The van der Waals surface area contributed by atoms with Gasteiger partial charge in [0, 0.05) is 26.2 Å². The van der Waals surface area contributed by atoms with Crippen molar-refractivity contribution in [3.05, 3.63) is 78.3 Å². The molecule has 181 valence electrons. The van der Waals surface area contributed by atoms with E-state index in [1.807, 2.05) is 11.0 Å². The van der Waals surface area contributed by atoms with E-state index in [1.165, 1.54) is 16.4 Å². The number of nitrogen functional groups attached to an aromatic ring is 1. The maximum absolute atomic E-state index is 13.3. The molecule has 1 radical (unpaired) electrons. The highest BCUT2D eigenvalue weighted by atomic mass is 16.5. The van der Waals surface area contributed by atoms with Gasteiger partial charge < -0.3 is 26.0 Å². The number of ether oxygens (including phenoxy) is 1. The third-order valence-electron chi connectivity index (χ3n) is 6.81. The first-order chi connectivity index (χ1) is 17.0. The van der Waals surface area contributed by atoms with E-state index in [1.54, 1.807) is 24.3 Å². The molecule has 0 bridgehead atoms. The van der Waals surface area contributed by atoms with Crippen LogP contribution in [0.2, 0.25) is 0 Å². The van der Waals surface area contributed by atoms with Crippen molar-refractivity contribution in [2.45, 2.75) is 6.42 Å². The van der Waals surface area contributed by atoms with E-state index in [0.29, 0.717) is 36.2 Å². The Balaban J connectivity index is 1.19. The lowest BCUT2D eigenvalue weighted by atomic mass is 10.0. The number of para-hydroxylation sites is 2. The van der Waals surface area contributed by atoms with Gasteiger partial charge in [0.05, 0.1) is 6.20 Å².